The highest BCUT2D eigenvalue weighted by Gasteiger charge is 2.62. The molecule has 2 atom stereocenters. The molecule has 1 aromatic heterocycles. The summed E-state index contributed by atoms with van der Waals surface area (Å²) in [5.41, 5.74) is 0.713. The fourth-order valence-electron chi connectivity index (χ4n) is 3.89. The highest BCUT2D eigenvalue weighted by atomic mass is 35.5. The zero-order valence-electron chi connectivity index (χ0n) is 12.0. The summed E-state index contributed by atoms with van der Waals surface area (Å²) in [6.07, 6.45) is 2.51. The Morgan fingerprint density at radius 1 is 1.50 bits per heavy atom. The smallest absolute Gasteiger partial charge is 0.407 e. The second-order valence-electron chi connectivity index (χ2n) is 6.21. The van der Waals surface area contributed by atoms with E-state index in [4.69, 9.17) is 11.6 Å². The average molecular weight is 322 g/mol. The van der Waals surface area contributed by atoms with Crippen molar-refractivity contribution in [3.05, 3.63) is 28.9 Å². The number of carbonyl (C=O) groups is 1. The van der Waals surface area contributed by atoms with Crippen LogP contribution in [0.5, 0.6) is 0 Å². The molecular weight excluding hydrogens is 306 g/mol. The summed E-state index contributed by atoms with van der Waals surface area (Å²) in [7, 11) is 1.35. The SMILES string of the molecule is COC(=O)NC1C2CC(O)(c3cc(Cl)cc4[nH]ncc34)CC21. The van der Waals surface area contributed by atoms with Crippen LogP contribution in [0.1, 0.15) is 18.4 Å². The first-order chi connectivity index (χ1) is 10.5. The minimum atomic E-state index is -0.920. The molecule has 2 aliphatic carbocycles. The summed E-state index contributed by atoms with van der Waals surface area (Å²) < 4.78 is 4.62. The van der Waals surface area contributed by atoms with E-state index in [2.05, 4.69) is 20.3 Å². The van der Waals surface area contributed by atoms with Crippen molar-refractivity contribution in [2.45, 2.75) is 24.5 Å². The molecule has 2 aromatic rings. The summed E-state index contributed by atoms with van der Waals surface area (Å²) >= 11 is 6.15. The highest BCUT2D eigenvalue weighted by molar-refractivity contribution is 6.31. The predicted molar refractivity (Wildman–Crippen MR) is 80.5 cm³/mol. The molecule has 116 valence electrons. The Morgan fingerprint density at radius 3 is 2.91 bits per heavy atom. The molecule has 2 unspecified atom stereocenters. The van der Waals surface area contributed by atoms with Gasteiger partial charge in [-0.25, -0.2) is 4.79 Å². The lowest BCUT2D eigenvalue weighted by atomic mass is 9.86. The van der Waals surface area contributed by atoms with Gasteiger partial charge in [0.1, 0.15) is 0 Å². The van der Waals surface area contributed by atoms with Gasteiger partial charge in [-0.1, -0.05) is 11.6 Å². The first-order valence-corrected chi connectivity index (χ1v) is 7.59. The second-order valence-corrected chi connectivity index (χ2v) is 6.65. The van der Waals surface area contributed by atoms with Gasteiger partial charge in [0, 0.05) is 16.5 Å². The van der Waals surface area contributed by atoms with Gasteiger partial charge >= 0.3 is 6.09 Å². The normalized spacial score (nSPS) is 32.8. The van der Waals surface area contributed by atoms with E-state index in [1.165, 1.54) is 7.11 Å². The van der Waals surface area contributed by atoms with E-state index in [9.17, 15) is 9.90 Å². The molecule has 4 rings (SSSR count). The number of halogens is 1. The number of aliphatic hydroxyl groups is 1. The van der Waals surface area contributed by atoms with Gasteiger partial charge in [0.25, 0.3) is 0 Å². The molecule has 2 aliphatic rings. The third kappa shape index (κ3) is 1.98. The summed E-state index contributed by atoms with van der Waals surface area (Å²) in [5.74, 6) is 0.565. The van der Waals surface area contributed by atoms with Crippen LogP contribution in [0.2, 0.25) is 5.02 Å². The van der Waals surface area contributed by atoms with Gasteiger partial charge in [-0.3, -0.25) is 5.10 Å². The topological polar surface area (TPSA) is 87.2 Å². The monoisotopic (exact) mass is 321 g/mol. The van der Waals surface area contributed by atoms with Crippen molar-refractivity contribution in [3.63, 3.8) is 0 Å². The Hall–Kier alpha value is -1.79. The van der Waals surface area contributed by atoms with Gasteiger partial charge in [-0.15, -0.1) is 0 Å². The van der Waals surface area contributed by atoms with Crippen LogP contribution < -0.4 is 5.32 Å². The Kier molecular flexibility index (Phi) is 2.90. The first kappa shape index (κ1) is 13.8. The number of H-pyrrole nitrogens is 1. The van der Waals surface area contributed by atoms with E-state index in [1.54, 1.807) is 12.3 Å². The van der Waals surface area contributed by atoms with E-state index in [1.807, 2.05) is 6.07 Å². The van der Waals surface area contributed by atoms with Crippen molar-refractivity contribution in [1.29, 1.82) is 0 Å². The van der Waals surface area contributed by atoms with Gasteiger partial charge in [-0.2, -0.15) is 5.10 Å². The maximum Gasteiger partial charge on any atom is 0.407 e. The van der Waals surface area contributed by atoms with Crippen LogP contribution in [0.15, 0.2) is 18.3 Å². The number of hydrogen-bond donors (Lipinski definition) is 3. The minimum absolute atomic E-state index is 0.103. The number of rotatable bonds is 2. The van der Waals surface area contributed by atoms with Crippen LogP contribution in [0.3, 0.4) is 0 Å². The van der Waals surface area contributed by atoms with E-state index in [0.717, 1.165) is 16.5 Å². The Morgan fingerprint density at radius 2 is 2.23 bits per heavy atom. The molecule has 0 saturated heterocycles. The lowest BCUT2D eigenvalue weighted by molar-refractivity contribution is 0.0294. The van der Waals surface area contributed by atoms with Crippen molar-refractivity contribution in [2.24, 2.45) is 11.8 Å². The van der Waals surface area contributed by atoms with Crippen LogP contribution in [0, 0.1) is 11.8 Å². The van der Waals surface area contributed by atoms with E-state index in [-0.39, 0.29) is 17.9 Å². The third-order valence-corrected chi connectivity index (χ3v) is 5.19. The van der Waals surface area contributed by atoms with Gasteiger partial charge in [0.15, 0.2) is 0 Å². The molecular formula is C15H16ClN3O3. The van der Waals surface area contributed by atoms with Crippen molar-refractivity contribution in [1.82, 2.24) is 15.5 Å². The third-order valence-electron chi connectivity index (χ3n) is 4.97. The molecule has 3 N–H and O–H groups in total. The van der Waals surface area contributed by atoms with Crippen LogP contribution in [0.25, 0.3) is 10.9 Å². The Labute approximate surface area is 131 Å². The quantitative estimate of drug-likeness (QED) is 0.791. The lowest BCUT2D eigenvalue weighted by Crippen LogP contribution is -2.33. The number of nitrogens with one attached hydrogen (secondary N) is 2. The van der Waals surface area contributed by atoms with Crippen LogP contribution in [-0.4, -0.2) is 34.5 Å². The largest absolute Gasteiger partial charge is 0.453 e. The Balaban J connectivity index is 1.60. The molecule has 7 heteroatoms. The molecule has 2 saturated carbocycles. The molecule has 0 radical (unpaired) electrons. The maximum absolute atomic E-state index is 11.3. The minimum Gasteiger partial charge on any atom is -0.453 e. The molecule has 0 spiro atoms. The molecule has 0 bridgehead atoms. The number of ether oxygens (including phenoxy) is 1. The highest BCUT2D eigenvalue weighted by Crippen LogP contribution is 2.60. The number of amides is 1. The molecule has 6 nitrogen and oxygen atoms in total. The predicted octanol–water partition coefficient (Wildman–Crippen LogP) is 2.17. The number of carbonyl (C=O) groups excluding carboxylic acids is 1. The number of aromatic amines is 1. The number of hydrogen-bond acceptors (Lipinski definition) is 4. The van der Waals surface area contributed by atoms with Crippen molar-refractivity contribution >= 4 is 28.6 Å². The molecule has 0 aliphatic heterocycles. The summed E-state index contributed by atoms with van der Waals surface area (Å²) in [4.78, 5) is 11.3. The van der Waals surface area contributed by atoms with Crippen LogP contribution >= 0.6 is 11.6 Å². The fraction of sp³-hybridized carbons (Fsp3) is 0.467. The summed E-state index contributed by atoms with van der Waals surface area (Å²) in [6.45, 7) is 0. The number of aromatic nitrogens is 2. The second kappa shape index (κ2) is 4.60. The lowest BCUT2D eigenvalue weighted by Gasteiger charge is -2.27. The number of alkyl carbamates (subject to hydrolysis) is 1. The number of benzene rings is 1. The zero-order valence-corrected chi connectivity index (χ0v) is 12.7. The Bertz CT molecular complexity index is 748. The standard InChI is InChI=1S/C15H16ClN3O3/c1-22-14(20)18-13-8-4-15(21,5-9(8)13)11-2-7(16)3-12-10(11)6-17-19-12/h2-3,6,8-9,13,21H,4-5H2,1H3,(H,17,19)(H,18,20). The zero-order chi connectivity index (χ0) is 15.5. The summed E-state index contributed by atoms with van der Waals surface area (Å²) in [6, 6.07) is 3.72. The van der Waals surface area contributed by atoms with Crippen molar-refractivity contribution < 1.29 is 14.6 Å². The number of methoxy groups -OCH3 is 1. The van der Waals surface area contributed by atoms with E-state index in [0.29, 0.717) is 17.9 Å². The first-order valence-electron chi connectivity index (χ1n) is 7.22. The average Bonchev–Trinajstić information content (AvgIpc) is 2.86. The van der Waals surface area contributed by atoms with Crippen molar-refractivity contribution in [2.75, 3.05) is 7.11 Å². The number of nitrogens with zero attached hydrogens (tertiary/aromatic N) is 1. The summed E-state index contributed by atoms with van der Waals surface area (Å²) in [5, 5.41) is 22.3. The van der Waals surface area contributed by atoms with Gasteiger partial charge in [-0.05, 0) is 42.4 Å². The molecule has 1 aromatic carbocycles. The maximum atomic E-state index is 11.3. The van der Waals surface area contributed by atoms with Crippen LogP contribution in [-0.2, 0) is 10.3 Å². The van der Waals surface area contributed by atoms with E-state index < -0.39 is 11.7 Å². The van der Waals surface area contributed by atoms with Crippen molar-refractivity contribution in [3.8, 4) is 0 Å². The van der Waals surface area contributed by atoms with Gasteiger partial charge < -0.3 is 15.2 Å². The molecule has 22 heavy (non-hydrogen) atoms. The van der Waals surface area contributed by atoms with Crippen LogP contribution in [0.4, 0.5) is 4.79 Å². The fourth-order valence-corrected chi connectivity index (χ4v) is 4.11. The molecule has 1 heterocycles. The van der Waals surface area contributed by atoms with E-state index >= 15 is 0 Å². The molecule has 2 fully saturated rings. The van der Waals surface area contributed by atoms with Gasteiger partial charge in [0.2, 0.25) is 0 Å². The number of fused-ring (bicyclic) bond motifs is 2. The molecule has 1 amide bonds. The van der Waals surface area contributed by atoms with Gasteiger partial charge in [0.05, 0.1) is 24.4 Å².